The van der Waals surface area contributed by atoms with Crippen LogP contribution in [0.2, 0.25) is 0 Å². The zero-order valence-corrected chi connectivity index (χ0v) is 8.48. The van der Waals surface area contributed by atoms with Crippen molar-refractivity contribution in [2.75, 3.05) is 20.2 Å². The van der Waals surface area contributed by atoms with Crippen LogP contribution in [0.5, 0.6) is 0 Å². The van der Waals surface area contributed by atoms with Crippen molar-refractivity contribution >= 4 is 0 Å². The summed E-state index contributed by atoms with van der Waals surface area (Å²) in [5, 5.41) is 3.27. The Morgan fingerprint density at radius 3 is 3.00 bits per heavy atom. The third-order valence-electron chi connectivity index (χ3n) is 4.25. The van der Waals surface area contributed by atoms with E-state index in [1.165, 1.54) is 12.8 Å². The summed E-state index contributed by atoms with van der Waals surface area (Å²) in [6.07, 6.45) is 3.34. The van der Waals surface area contributed by atoms with Crippen molar-refractivity contribution in [2.45, 2.75) is 31.0 Å². The van der Waals surface area contributed by atoms with Gasteiger partial charge in [-0.05, 0) is 25.2 Å². The Hall–Kier alpha value is -0.480. The van der Waals surface area contributed by atoms with Gasteiger partial charge in [-0.15, -0.1) is 4.91 Å². The number of rotatable bonds is 2. The topological polar surface area (TPSA) is 41.9 Å². The fraction of sp³-hybridized carbons (Fsp3) is 1.00. The Bertz CT molecular complexity index is 253. The lowest BCUT2D eigenvalue weighted by atomic mass is 9.64. The molecule has 3 heterocycles. The van der Waals surface area contributed by atoms with E-state index in [4.69, 9.17) is 4.74 Å². The van der Waals surface area contributed by atoms with Gasteiger partial charge in [0.25, 0.3) is 0 Å². The van der Waals surface area contributed by atoms with Crippen molar-refractivity contribution in [3.05, 3.63) is 4.91 Å². The number of nitroso groups, excluding NO2 is 1. The molecule has 0 aromatic heterocycles. The lowest BCUT2D eigenvalue weighted by Crippen LogP contribution is -2.66. The van der Waals surface area contributed by atoms with Crippen molar-refractivity contribution in [2.24, 2.45) is 17.0 Å². The Balaban J connectivity index is 1.91. The van der Waals surface area contributed by atoms with Gasteiger partial charge in [-0.3, -0.25) is 4.90 Å². The van der Waals surface area contributed by atoms with Crippen molar-refractivity contribution in [3.8, 4) is 0 Å². The molecule has 4 nitrogen and oxygen atoms in total. The van der Waals surface area contributed by atoms with Crippen LogP contribution in [-0.2, 0) is 4.74 Å². The molecule has 0 spiro atoms. The first kappa shape index (κ1) is 8.80. The van der Waals surface area contributed by atoms with Crippen LogP contribution in [0, 0.1) is 16.7 Å². The fourth-order valence-corrected chi connectivity index (χ4v) is 3.83. The second kappa shape index (κ2) is 2.76. The second-order valence-corrected chi connectivity index (χ2v) is 5.11. The molecule has 1 aliphatic carbocycles. The molecule has 0 aromatic rings. The zero-order valence-electron chi connectivity index (χ0n) is 8.48. The molecule has 5 atom stereocenters. The van der Waals surface area contributed by atoms with Gasteiger partial charge in [0, 0.05) is 26.1 Å². The van der Waals surface area contributed by atoms with Gasteiger partial charge in [0.2, 0.25) is 0 Å². The summed E-state index contributed by atoms with van der Waals surface area (Å²) in [5.41, 5.74) is 0.0486. The van der Waals surface area contributed by atoms with E-state index in [1.807, 2.05) is 0 Å². The summed E-state index contributed by atoms with van der Waals surface area (Å²) in [6.45, 7) is 1.96. The molecule has 3 aliphatic heterocycles. The first-order valence-corrected chi connectivity index (χ1v) is 5.38. The largest absolute Gasteiger partial charge is 0.377 e. The number of hydrogen-bond acceptors (Lipinski definition) is 4. The average molecular weight is 196 g/mol. The minimum atomic E-state index is -0.0603. The van der Waals surface area contributed by atoms with Crippen molar-refractivity contribution < 1.29 is 4.74 Å². The van der Waals surface area contributed by atoms with Crippen LogP contribution in [0.25, 0.3) is 0 Å². The molecule has 0 amide bonds. The van der Waals surface area contributed by atoms with E-state index in [1.54, 1.807) is 7.11 Å². The van der Waals surface area contributed by atoms with Gasteiger partial charge in [-0.25, -0.2) is 0 Å². The molecule has 0 radical (unpaired) electrons. The van der Waals surface area contributed by atoms with Crippen LogP contribution >= 0.6 is 0 Å². The van der Waals surface area contributed by atoms with Crippen molar-refractivity contribution in [1.29, 1.82) is 0 Å². The first-order chi connectivity index (χ1) is 6.76. The van der Waals surface area contributed by atoms with E-state index in [9.17, 15) is 4.91 Å². The predicted octanol–water partition coefficient (Wildman–Crippen LogP) is 1.21. The summed E-state index contributed by atoms with van der Waals surface area (Å²) in [4.78, 5) is 13.0. The zero-order chi connectivity index (χ0) is 9.76. The Kier molecular flexibility index (Phi) is 1.74. The first-order valence-electron chi connectivity index (χ1n) is 5.38. The molecule has 4 bridgehead atoms. The molecule has 14 heavy (non-hydrogen) atoms. The maximum absolute atomic E-state index is 10.8. The highest BCUT2D eigenvalue weighted by Crippen LogP contribution is 2.50. The van der Waals surface area contributed by atoms with Gasteiger partial charge in [0.1, 0.15) is 6.17 Å². The summed E-state index contributed by atoms with van der Waals surface area (Å²) in [7, 11) is 1.80. The van der Waals surface area contributed by atoms with Gasteiger partial charge in [-0.1, -0.05) is 5.18 Å². The summed E-state index contributed by atoms with van der Waals surface area (Å²) < 4.78 is 5.66. The van der Waals surface area contributed by atoms with Gasteiger partial charge in [0.15, 0.2) is 0 Å². The molecule has 5 unspecified atom stereocenters. The summed E-state index contributed by atoms with van der Waals surface area (Å²) in [6, 6.07) is 0. The number of piperidine rings is 3. The fourth-order valence-electron chi connectivity index (χ4n) is 3.83. The summed E-state index contributed by atoms with van der Waals surface area (Å²) >= 11 is 0. The Morgan fingerprint density at radius 2 is 2.36 bits per heavy atom. The highest BCUT2D eigenvalue weighted by molar-refractivity contribution is 5.06. The minimum Gasteiger partial charge on any atom is -0.377 e. The van der Waals surface area contributed by atoms with Crippen LogP contribution in [0.1, 0.15) is 19.3 Å². The van der Waals surface area contributed by atoms with Crippen LogP contribution in [0.15, 0.2) is 5.18 Å². The minimum absolute atomic E-state index is 0.0486. The molecular formula is C10H16N2O2. The van der Waals surface area contributed by atoms with Crippen LogP contribution < -0.4 is 0 Å². The van der Waals surface area contributed by atoms with Gasteiger partial charge < -0.3 is 4.74 Å². The molecule has 78 valence electrons. The van der Waals surface area contributed by atoms with Crippen LogP contribution in [-0.4, -0.2) is 36.9 Å². The lowest BCUT2D eigenvalue weighted by molar-refractivity contribution is -0.179. The number of nitrogens with zero attached hydrogens (tertiary/aromatic N) is 2. The molecule has 1 saturated carbocycles. The normalized spacial score (nSPS) is 54.9. The monoisotopic (exact) mass is 196 g/mol. The molecule has 4 aliphatic rings. The maximum Gasteiger partial charge on any atom is 0.147 e. The Labute approximate surface area is 83.6 Å². The van der Waals surface area contributed by atoms with Gasteiger partial charge in [0.05, 0.1) is 5.60 Å². The van der Waals surface area contributed by atoms with Crippen LogP contribution in [0.4, 0.5) is 0 Å². The van der Waals surface area contributed by atoms with E-state index < -0.39 is 0 Å². The highest BCUT2D eigenvalue weighted by atomic mass is 16.5. The quantitative estimate of drug-likeness (QED) is 0.623. The smallest absolute Gasteiger partial charge is 0.147 e. The Morgan fingerprint density at radius 1 is 1.50 bits per heavy atom. The molecular weight excluding hydrogens is 180 g/mol. The molecule has 4 fully saturated rings. The number of ether oxygens (including phenoxy) is 1. The van der Waals surface area contributed by atoms with E-state index in [0.717, 1.165) is 25.4 Å². The average Bonchev–Trinajstić information content (AvgIpc) is 2.17. The van der Waals surface area contributed by atoms with Crippen molar-refractivity contribution in [1.82, 2.24) is 4.90 Å². The second-order valence-electron chi connectivity index (χ2n) is 5.11. The molecule has 4 heteroatoms. The third kappa shape index (κ3) is 1.01. The van der Waals surface area contributed by atoms with E-state index in [0.29, 0.717) is 5.92 Å². The SMILES string of the molecule is COC12CC3CC(C1)C(N=O)N(C3)C2. The van der Waals surface area contributed by atoms with Crippen LogP contribution in [0.3, 0.4) is 0 Å². The lowest BCUT2D eigenvalue weighted by Gasteiger charge is -2.58. The predicted molar refractivity (Wildman–Crippen MR) is 51.7 cm³/mol. The highest BCUT2D eigenvalue weighted by Gasteiger charge is 2.55. The maximum atomic E-state index is 10.8. The van der Waals surface area contributed by atoms with Crippen molar-refractivity contribution in [3.63, 3.8) is 0 Å². The molecule has 4 rings (SSSR count). The van der Waals surface area contributed by atoms with E-state index >= 15 is 0 Å². The molecule has 3 saturated heterocycles. The number of methoxy groups -OCH3 is 1. The van der Waals surface area contributed by atoms with E-state index in [2.05, 4.69) is 10.1 Å². The van der Waals surface area contributed by atoms with Gasteiger partial charge >= 0.3 is 0 Å². The number of hydrogen-bond donors (Lipinski definition) is 0. The van der Waals surface area contributed by atoms with E-state index in [-0.39, 0.29) is 11.8 Å². The standard InChI is InChI=1S/C10H16N2O2/c1-14-10-3-7-2-8(4-10)9(11-13)12(5-7)6-10/h7-9H,2-6H2,1H3. The third-order valence-corrected chi connectivity index (χ3v) is 4.25. The summed E-state index contributed by atoms with van der Waals surface area (Å²) in [5.74, 6) is 1.19. The molecule has 0 aromatic carbocycles. The van der Waals surface area contributed by atoms with Gasteiger partial charge in [-0.2, -0.15) is 0 Å². The molecule has 0 N–H and O–H groups in total.